The van der Waals surface area contributed by atoms with E-state index in [-0.39, 0.29) is 29.3 Å². The highest BCUT2D eigenvalue weighted by Gasteiger charge is 2.42. The summed E-state index contributed by atoms with van der Waals surface area (Å²) in [5.74, 6) is -0.468. The van der Waals surface area contributed by atoms with Crippen molar-refractivity contribution >= 4 is 18.3 Å². The molecule has 2 aliphatic heterocycles. The molecule has 2 aliphatic rings. The maximum atomic E-state index is 14.0. The molecule has 1 spiro atoms. The number of carbonyl (C=O) groups excluding carboxylic acids is 1. The highest BCUT2D eigenvalue weighted by Crippen LogP contribution is 2.37. The Hall–Kier alpha value is -1.33. The van der Waals surface area contributed by atoms with Crippen LogP contribution in [0.25, 0.3) is 0 Å². The van der Waals surface area contributed by atoms with E-state index in [1.54, 1.807) is 17.0 Å². The Morgan fingerprint density at radius 3 is 2.90 bits per heavy atom. The maximum absolute atomic E-state index is 14.0. The van der Waals surface area contributed by atoms with Gasteiger partial charge in [-0.25, -0.2) is 4.39 Å². The number of nitrogens with one attached hydrogen (secondary N) is 1. The van der Waals surface area contributed by atoms with Crippen LogP contribution >= 0.6 is 12.4 Å². The van der Waals surface area contributed by atoms with Gasteiger partial charge in [0.1, 0.15) is 17.1 Å². The molecule has 0 radical (unpaired) electrons. The number of rotatable bonds is 2. The van der Waals surface area contributed by atoms with Crippen molar-refractivity contribution in [3.05, 3.63) is 29.6 Å². The molecule has 1 atom stereocenters. The number of nitrogens with zero attached hydrogens (tertiary/aromatic N) is 1. The molecule has 21 heavy (non-hydrogen) atoms. The summed E-state index contributed by atoms with van der Waals surface area (Å²) in [6.45, 7) is 3.35. The van der Waals surface area contributed by atoms with E-state index in [0.29, 0.717) is 18.8 Å². The second-order valence-corrected chi connectivity index (χ2v) is 5.72. The molecule has 0 aliphatic carbocycles. The van der Waals surface area contributed by atoms with Crippen LogP contribution in [0.5, 0.6) is 5.75 Å². The van der Waals surface area contributed by atoms with Crippen molar-refractivity contribution in [3.8, 4) is 5.75 Å². The van der Waals surface area contributed by atoms with Crippen LogP contribution in [0.3, 0.4) is 0 Å². The minimum atomic E-state index is -0.514. The first-order valence-electron chi connectivity index (χ1n) is 6.98. The van der Waals surface area contributed by atoms with Crippen LogP contribution in [0.1, 0.15) is 23.2 Å². The van der Waals surface area contributed by atoms with Crippen LogP contribution in [0.4, 0.5) is 4.39 Å². The van der Waals surface area contributed by atoms with Gasteiger partial charge in [0.25, 0.3) is 5.91 Å². The molecule has 1 N–H and O–H groups in total. The van der Waals surface area contributed by atoms with Crippen molar-refractivity contribution in [1.82, 2.24) is 10.2 Å². The van der Waals surface area contributed by atoms with Crippen LogP contribution in [0.15, 0.2) is 18.2 Å². The van der Waals surface area contributed by atoms with Crippen LogP contribution < -0.4 is 10.1 Å². The number of hydrogen-bond donors (Lipinski definition) is 1. The van der Waals surface area contributed by atoms with Crippen molar-refractivity contribution < 1.29 is 13.9 Å². The number of halogens is 2. The fraction of sp³-hybridized carbons (Fsp3) is 0.533. The summed E-state index contributed by atoms with van der Waals surface area (Å²) in [6.07, 6.45) is 2.08. The van der Waals surface area contributed by atoms with Crippen LogP contribution in [-0.4, -0.2) is 44.1 Å². The highest BCUT2D eigenvalue weighted by atomic mass is 35.5. The Morgan fingerprint density at radius 2 is 2.24 bits per heavy atom. The maximum Gasteiger partial charge on any atom is 0.260 e. The Morgan fingerprint density at radius 1 is 1.43 bits per heavy atom. The molecule has 1 aromatic rings. The van der Waals surface area contributed by atoms with Gasteiger partial charge in [0.15, 0.2) is 0 Å². The van der Waals surface area contributed by atoms with Gasteiger partial charge < -0.3 is 15.0 Å². The molecule has 0 saturated carbocycles. The molecule has 1 unspecified atom stereocenters. The summed E-state index contributed by atoms with van der Waals surface area (Å²) in [4.78, 5) is 14.3. The van der Waals surface area contributed by atoms with E-state index in [4.69, 9.17) is 4.74 Å². The van der Waals surface area contributed by atoms with Crippen LogP contribution in [0.2, 0.25) is 0 Å². The van der Waals surface area contributed by atoms with E-state index in [1.807, 2.05) is 0 Å². The van der Waals surface area contributed by atoms with Crippen molar-refractivity contribution in [1.29, 1.82) is 0 Å². The normalized spacial score (nSPS) is 24.2. The standard InChI is InChI=1S/C15H19FN2O2.ClH/c1-20-12-4-2-3-11(16)13(12)14(19)18-8-6-15(10-18)5-7-17-9-15;/h2-4,17H,5-10H2,1H3;1H. The van der Waals surface area contributed by atoms with Crippen molar-refractivity contribution in [3.63, 3.8) is 0 Å². The summed E-state index contributed by atoms with van der Waals surface area (Å²) in [5, 5.41) is 3.35. The van der Waals surface area contributed by atoms with Gasteiger partial charge in [0.2, 0.25) is 0 Å². The number of methoxy groups -OCH3 is 1. The SMILES string of the molecule is COc1cccc(F)c1C(=O)N1CCC2(CCNC2)C1.Cl. The number of carbonyl (C=O) groups is 1. The monoisotopic (exact) mass is 314 g/mol. The van der Waals surface area contributed by atoms with Crippen LogP contribution in [-0.2, 0) is 0 Å². The van der Waals surface area contributed by atoms with E-state index in [2.05, 4.69) is 5.32 Å². The largest absolute Gasteiger partial charge is 0.496 e. The molecular weight excluding hydrogens is 295 g/mol. The van der Waals surface area contributed by atoms with Gasteiger partial charge in [-0.2, -0.15) is 0 Å². The summed E-state index contributed by atoms with van der Waals surface area (Å²) in [6, 6.07) is 4.48. The first kappa shape index (κ1) is 16.0. The lowest BCUT2D eigenvalue weighted by atomic mass is 9.86. The predicted molar refractivity (Wildman–Crippen MR) is 80.6 cm³/mol. The Bertz CT molecular complexity index is 532. The second kappa shape index (κ2) is 6.20. The fourth-order valence-corrected chi connectivity index (χ4v) is 3.29. The summed E-state index contributed by atoms with van der Waals surface area (Å²) in [5.41, 5.74) is 0.242. The highest BCUT2D eigenvalue weighted by molar-refractivity contribution is 5.97. The lowest BCUT2D eigenvalue weighted by molar-refractivity contribution is 0.0767. The zero-order valence-electron chi connectivity index (χ0n) is 12.0. The number of ether oxygens (including phenoxy) is 1. The molecule has 4 nitrogen and oxygen atoms in total. The molecule has 1 aromatic carbocycles. The van der Waals surface area contributed by atoms with Crippen molar-refractivity contribution in [2.45, 2.75) is 12.8 Å². The van der Waals surface area contributed by atoms with E-state index < -0.39 is 5.82 Å². The van der Waals surface area contributed by atoms with Gasteiger partial charge in [-0.15, -0.1) is 12.4 Å². The summed E-state index contributed by atoms with van der Waals surface area (Å²) in [7, 11) is 1.46. The fourth-order valence-electron chi connectivity index (χ4n) is 3.29. The van der Waals surface area contributed by atoms with Crippen molar-refractivity contribution in [2.75, 3.05) is 33.3 Å². The van der Waals surface area contributed by atoms with E-state index in [9.17, 15) is 9.18 Å². The molecule has 2 saturated heterocycles. The Kier molecular flexibility index (Phi) is 4.74. The number of likely N-dealkylation sites (tertiary alicyclic amines) is 1. The third kappa shape index (κ3) is 2.85. The van der Waals surface area contributed by atoms with Crippen molar-refractivity contribution in [2.24, 2.45) is 5.41 Å². The quantitative estimate of drug-likeness (QED) is 0.909. The molecule has 2 heterocycles. The molecule has 0 aromatic heterocycles. The minimum Gasteiger partial charge on any atom is -0.496 e. The van der Waals surface area contributed by atoms with E-state index >= 15 is 0 Å². The summed E-state index contributed by atoms with van der Waals surface area (Å²) >= 11 is 0. The number of amides is 1. The smallest absolute Gasteiger partial charge is 0.260 e. The molecule has 3 rings (SSSR count). The van der Waals surface area contributed by atoms with E-state index in [1.165, 1.54) is 13.2 Å². The van der Waals surface area contributed by atoms with Crippen LogP contribution in [0, 0.1) is 11.2 Å². The minimum absolute atomic E-state index is 0. The average molecular weight is 315 g/mol. The molecule has 116 valence electrons. The zero-order valence-corrected chi connectivity index (χ0v) is 12.8. The number of benzene rings is 1. The molecular formula is C15H20ClFN2O2. The Balaban J connectivity index is 0.00000161. The average Bonchev–Trinajstić information content (AvgIpc) is 3.08. The van der Waals surface area contributed by atoms with E-state index in [0.717, 1.165) is 25.9 Å². The third-order valence-electron chi connectivity index (χ3n) is 4.47. The first-order chi connectivity index (χ1) is 9.65. The molecule has 0 bridgehead atoms. The second-order valence-electron chi connectivity index (χ2n) is 5.72. The number of hydrogen-bond acceptors (Lipinski definition) is 3. The topological polar surface area (TPSA) is 41.6 Å². The van der Waals surface area contributed by atoms with Gasteiger partial charge >= 0.3 is 0 Å². The summed E-state index contributed by atoms with van der Waals surface area (Å²) < 4.78 is 19.1. The lowest BCUT2D eigenvalue weighted by Crippen LogP contribution is -2.33. The van der Waals surface area contributed by atoms with Gasteiger partial charge in [-0.3, -0.25) is 4.79 Å². The Labute approximate surface area is 130 Å². The van der Waals surface area contributed by atoms with Gasteiger partial charge in [-0.05, 0) is 31.5 Å². The first-order valence-corrected chi connectivity index (χ1v) is 6.98. The van der Waals surface area contributed by atoms with Gasteiger partial charge in [0, 0.05) is 25.0 Å². The molecule has 2 fully saturated rings. The van der Waals surface area contributed by atoms with Gasteiger partial charge in [-0.1, -0.05) is 6.07 Å². The molecule has 6 heteroatoms. The predicted octanol–water partition coefficient (Wildman–Crippen LogP) is 2.08. The lowest BCUT2D eigenvalue weighted by Gasteiger charge is -2.23. The molecule has 1 amide bonds. The zero-order chi connectivity index (χ0) is 14.2. The third-order valence-corrected chi connectivity index (χ3v) is 4.47. The van der Waals surface area contributed by atoms with Gasteiger partial charge in [0.05, 0.1) is 7.11 Å².